The van der Waals surface area contributed by atoms with Crippen LogP contribution < -0.4 is 10.6 Å². The number of nitrogens with zero attached hydrogens (tertiary/aromatic N) is 2. The molecule has 23 heavy (non-hydrogen) atoms. The molecule has 0 spiro atoms. The topological polar surface area (TPSA) is 92.4 Å². The second-order valence-electron chi connectivity index (χ2n) is 5.95. The first kappa shape index (κ1) is 15.8. The number of nitrogens with one attached hydrogen (secondary N) is 2. The molecule has 0 amide bonds. The smallest absolute Gasteiger partial charge is 0.136 e. The number of ether oxygens (including phenoxy) is 1. The summed E-state index contributed by atoms with van der Waals surface area (Å²) in [5.41, 5.74) is -1.11. The molecule has 1 saturated heterocycles. The van der Waals surface area contributed by atoms with Gasteiger partial charge in [0.2, 0.25) is 0 Å². The molecule has 124 valence electrons. The summed E-state index contributed by atoms with van der Waals surface area (Å²) in [6.45, 7) is 3.50. The maximum atomic E-state index is 10.4. The van der Waals surface area contributed by atoms with Gasteiger partial charge in [-0.2, -0.15) is 0 Å². The van der Waals surface area contributed by atoms with Gasteiger partial charge >= 0.3 is 0 Å². The average Bonchev–Trinajstić information content (AvgIpc) is 3.10. The molecule has 0 aromatic carbocycles. The molecule has 1 aliphatic heterocycles. The molecule has 3 N–H and O–H groups in total. The zero-order valence-electron chi connectivity index (χ0n) is 13.2. The Morgan fingerprint density at radius 2 is 2.26 bits per heavy atom. The van der Waals surface area contributed by atoms with Crippen molar-refractivity contribution in [2.45, 2.75) is 31.4 Å². The fourth-order valence-corrected chi connectivity index (χ4v) is 2.53. The molecule has 7 heteroatoms. The van der Waals surface area contributed by atoms with Crippen LogP contribution in [0.3, 0.4) is 0 Å². The molecular weight excluding hydrogens is 296 g/mol. The van der Waals surface area contributed by atoms with Crippen molar-refractivity contribution < 1.29 is 14.3 Å². The summed E-state index contributed by atoms with van der Waals surface area (Å²) in [5, 5.41) is 16.9. The molecule has 7 nitrogen and oxygen atoms in total. The zero-order valence-corrected chi connectivity index (χ0v) is 13.2. The van der Waals surface area contributed by atoms with Crippen molar-refractivity contribution in [1.29, 1.82) is 0 Å². The maximum Gasteiger partial charge on any atom is 0.136 e. The van der Waals surface area contributed by atoms with Gasteiger partial charge < -0.3 is 24.9 Å². The van der Waals surface area contributed by atoms with Crippen LogP contribution in [-0.2, 0) is 10.3 Å². The highest BCUT2D eigenvalue weighted by Crippen LogP contribution is 2.22. The Bertz CT molecular complexity index is 610. The molecular formula is C16H22N4O3. The van der Waals surface area contributed by atoms with E-state index in [4.69, 9.17) is 9.15 Å². The Morgan fingerprint density at radius 1 is 1.39 bits per heavy atom. The summed E-state index contributed by atoms with van der Waals surface area (Å²) in [6, 6.07) is 5.60. The van der Waals surface area contributed by atoms with Gasteiger partial charge in [-0.05, 0) is 31.9 Å². The van der Waals surface area contributed by atoms with Crippen LogP contribution in [0.5, 0.6) is 0 Å². The first-order valence-electron chi connectivity index (χ1n) is 7.80. The van der Waals surface area contributed by atoms with Crippen LogP contribution in [0.15, 0.2) is 35.2 Å². The van der Waals surface area contributed by atoms with E-state index in [9.17, 15) is 5.11 Å². The quantitative estimate of drug-likeness (QED) is 0.750. The number of aliphatic hydroxyl groups is 1. The molecule has 2 atom stereocenters. The second-order valence-corrected chi connectivity index (χ2v) is 5.95. The summed E-state index contributed by atoms with van der Waals surface area (Å²) >= 11 is 0. The normalized spacial score (nSPS) is 20.7. The lowest BCUT2D eigenvalue weighted by atomic mass is 10.0. The van der Waals surface area contributed by atoms with Crippen molar-refractivity contribution in [2.75, 3.05) is 30.4 Å². The minimum Gasteiger partial charge on any atom is -0.466 e. The molecule has 3 heterocycles. The summed E-state index contributed by atoms with van der Waals surface area (Å²) < 4.78 is 10.7. The van der Waals surface area contributed by atoms with Crippen LogP contribution in [0, 0.1) is 0 Å². The highest BCUT2D eigenvalue weighted by atomic mass is 16.5. The standard InChI is InChI=1S/C16H22N4O3/c1-16(21,13-5-3-7-23-13)10-17-14-8-15(19-11-18-14)20-12-4-2-6-22-9-12/h3,5,7-8,11-12,21H,2,4,6,9-10H2,1H3,(H2,17,18,19,20)/t12-,16+/m0/s1. The van der Waals surface area contributed by atoms with Crippen molar-refractivity contribution in [3.05, 3.63) is 36.5 Å². The van der Waals surface area contributed by atoms with E-state index in [1.165, 1.54) is 6.33 Å². The lowest BCUT2D eigenvalue weighted by Crippen LogP contribution is -2.31. The lowest BCUT2D eigenvalue weighted by molar-refractivity contribution is 0.0476. The monoisotopic (exact) mass is 318 g/mol. The minimum absolute atomic E-state index is 0.276. The zero-order chi connectivity index (χ0) is 16.1. The van der Waals surface area contributed by atoms with Crippen molar-refractivity contribution in [3.63, 3.8) is 0 Å². The molecule has 0 radical (unpaired) electrons. The van der Waals surface area contributed by atoms with Gasteiger partial charge in [-0.3, -0.25) is 0 Å². The van der Waals surface area contributed by atoms with E-state index in [-0.39, 0.29) is 12.6 Å². The average molecular weight is 318 g/mol. The van der Waals surface area contributed by atoms with E-state index < -0.39 is 5.60 Å². The number of rotatable bonds is 6. The minimum atomic E-state index is -1.11. The third-order valence-corrected chi connectivity index (χ3v) is 3.85. The van der Waals surface area contributed by atoms with Crippen molar-refractivity contribution in [1.82, 2.24) is 9.97 Å². The predicted molar refractivity (Wildman–Crippen MR) is 86.3 cm³/mol. The Kier molecular flexibility index (Phi) is 4.78. The first-order chi connectivity index (χ1) is 11.1. The summed E-state index contributed by atoms with van der Waals surface area (Å²) in [7, 11) is 0. The highest BCUT2D eigenvalue weighted by Gasteiger charge is 2.26. The Hall–Kier alpha value is -2.12. The van der Waals surface area contributed by atoms with Gasteiger partial charge in [0.15, 0.2) is 0 Å². The van der Waals surface area contributed by atoms with Crippen molar-refractivity contribution >= 4 is 11.6 Å². The van der Waals surface area contributed by atoms with Gasteiger partial charge in [0.1, 0.15) is 29.3 Å². The Morgan fingerprint density at radius 3 is 3.00 bits per heavy atom. The van der Waals surface area contributed by atoms with Crippen LogP contribution in [0.25, 0.3) is 0 Å². The van der Waals surface area contributed by atoms with Crippen LogP contribution in [0.1, 0.15) is 25.5 Å². The number of anilines is 2. The van der Waals surface area contributed by atoms with E-state index in [2.05, 4.69) is 20.6 Å². The number of aromatic nitrogens is 2. The van der Waals surface area contributed by atoms with Crippen molar-refractivity contribution in [2.24, 2.45) is 0 Å². The summed E-state index contributed by atoms with van der Waals surface area (Å²) in [5.74, 6) is 1.90. The lowest BCUT2D eigenvalue weighted by Gasteiger charge is -2.24. The third-order valence-electron chi connectivity index (χ3n) is 3.85. The molecule has 1 fully saturated rings. The molecule has 0 aliphatic carbocycles. The first-order valence-corrected chi connectivity index (χ1v) is 7.80. The fraction of sp³-hybridized carbons (Fsp3) is 0.500. The summed E-state index contributed by atoms with van der Waals surface area (Å²) in [4.78, 5) is 8.41. The predicted octanol–water partition coefficient (Wildman–Crippen LogP) is 1.98. The van der Waals surface area contributed by atoms with E-state index in [1.54, 1.807) is 25.3 Å². The molecule has 0 bridgehead atoms. The fourth-order valence-electron chi connectivity index (χ4n) is 2.53. The SMILES string of the molecule is C[C@@](O)(CNc1cc(N[C@H]2CCCOC2)ncn1)c1ccco1. The van der Waals surface area contributed by atoms with Crippen LogP contribution in [-0.4, -0.2) is 40.9 Å². The van der Waals surface area contributed by atoms with Crippen LogP contribution >= 0.6 is 0 Å². The summed E-state index contributed by atoms with van der Waals surface area (Å²) in [6.07, 6.45) is 5.17. The molecule has 0 saturated carbocycles. The Labute approximate surface area is 135 Å². The van der Waals surface area contributed by atoms with Gasteiger partial charge in [-0.15, -0.1) is 0 Å². The van der Waals surface area contributed by atoms with E-state index in [0.717, 1.165) is 25.3 Å². The van der Waals surface area contributed by atoms with Crippen LogP contribution in [0.4, 0.5) is 11.6 Å². The van der Waals surface area contributed by atoms with Gasteiger partial charge in [0, 0.05) is 12.7 Å². The Balaban J connectivity index is 1.59. The third kappa shape index (κ3) is 4.20. The molecule has 3 rings (SSSR count). The number of furan rings is 1. The van der Waals surface area contributed by atoms with Gasteiger partial charge in [0.25, 0.3) is 0 Å². The van der Waals surface area contributed by atoms with Gasteiger partial charge in [0.05, 0.1) is 25.5 Å². The van der Waals surface area contributed by atoms with Gasteiger partial charge in [-0.25, -0.2) is 9.97 Å². The number of hydrogen-bond donors (Lipinski definition) is 3. The maximum absolute atomic E-state index is 10.4. The van der Waals surface area contributed by atoms with E-state index in [0.29, 0.717) is 18.2 Å². The van der Waals surface area contributed by atoms with Gasteiger partial charge in [-0.1, -0.05) is 0 Å². The second kappa shape index (κ2) is 6.97. The van der Waals surface area contributed by atoms with E-state index in [1.807, 2.05) is 6.07 Å². The van der Waals surface area contributed by atoms with Crippen molar-refractivity contribution in [3.8, 4) is 0 Å². The van der Waals surface area contributed by atoms with E-state index >= 15 is 0 Å². The molecule has 2 aromatic heterocycles. The highest BCUT2D eigenvalue weighted by molar-refractivity contribution is 5.47. The molecule has 1 aliphatic rings. The van der Waals surface area contributed by atoms with Crippen LogP contribution in [0.2, 0.25) is 0 Å². The molecule has 0 unspecified atom stereocenters. The largest absolute Gasteiger partial charge is 0.466 e. The molecule has 2 aromatic rings. The number of hydrogen-bond acceptors (Lipinski definition) is 7.